The maximum atomic E-state index is 13.7. The molecular weight excluding hydrogens is 424 g/mol. The summed E-state index contributed by atoms with van der Waals surface area (Å²) >= 11 is 6.29. The number of ether oxygens (including phenoxy) is 1. The molecule has 1 N–H and O–H groups in total. The Kier molecular flexibility index (Phi) is 5.76. The Labute approximate surface area is 192 Å². The lowest BCUT2D eigenvalue weighted by Gasteiger charge is -2.18. The van der Waals surface area contributed by atoms with Crippen LogP contribution in [0.25, 0.3) is 5.57 Å². The monoisotopic (exact) mass is 446 g/mol. The zero-order valence-corrected chi connectivity index (χ0v) is 19.1. The Bertz CT molecular complexity index is 1280. The fourth-order valence-electron chi connectivity index (χ4n) is 3.74. The van der Waals surface area contributed by atoms with Crippen LogP contribution in [0, 0.1) is 20.8 Å². The maximum Gasteiger partial charge on any atom is 0.282 e. The molecule has 6 heteroatoms. The second-order valence-electron chi connectivity index (χ2n) is 7.77. The number of benzene rings is 3. The van der Waals surface area contributed by atoms with E-state index in [2.05, 4.69) is 5.32 Å². The van der Waals surface area contributed by atoms with Gasteiger partial charge >= 0.3 is 0 Å². The summed E-state index contributed by atoms with van der Waals surface area (Å²) in [5.41, 5.74) is 4.86. The number of rotatable bonds is 5. The van der Waals surface area contributed by atoms with E-state index in [-0.39, 0.29) is 11.3 Å². The third-order valence-electron chi connectivity index (χ3n) is 5.51. The number of methoxy groups -OCH3 is 1. The van der Waals surface area contributed by atoms with Crippen molar-refractivity contribution in [2.24, 2.45) is 0 Å². The quantitative estimate of drug-likeness (QED) is 0.513. The van der Waals surface area contributed by atoms with E-state index >= 15 is 0 Å². The van der Waals surface area contributed by atoms with E-state index < -0.39 is 11.8 Å². The molecule has 1 aliphatic heterocycles. The largest absolute Gasteiger partial charge is 0.496 e. The van der Waals surface area contributed by atoms with E-state index in [1.807, 2.05) is 63.2 Å². The van der Waals surface area contributed by atoms with E-state index in [9.17, 15) is 9.59 Å². The second kappa shape index (κ2) is 8.52. The number of carbonyl (C=O) groups is 2. The molecule has 0 fully saturated rings. The van der Waals surface area contributed by atoms with Crippen molar-refractivity contribution >= 4 is 40.4 Å². The van der Waals surface area contributed by atoms with E-state index in [4.69, 9.17) is 16.3 Å². The van der Waals surface area contributed by atoms with Crippen molar-refractivity contribution in [1.82, 2.24) is 0 Å². The average molecular weight is 447 g/mol. The molecule has 4 rings (SSSR count). The van der Waals surface area contributed by atoms with Gasteiger partial charge in [-0.3, -0.25) is 9.59 Å². The van der Waals surface area contributed by atoms with Crippen LogP contribution in [0.5, 0.6) is 5.75 Å². The number of imide groups is 1. The molecule has 0 saturated heterocycles. The molecule has 0 aliphatic carbocycles. The Hall–Kier alpha value is -3.57. The van der Waals surface area contributed by atoms with Gasteiger partial charge < -0.3 is 10.1 Å². The van der Waals surface area contributed by atoms with Crippen LogP contribution in [-0.2, 0) is 9.59 Å². The fraction of sp³-hybridized carbons (Fsp3) is 0.154. The molecule has 1 heterocycles. The summed E-state index contributed by atoms with van der Waals surface area (Å²) in [6.07, 6.45) is 0. The van der Waals surface area contributed by atoms with Crippen LogP contribution >= 0.6 is 11.6 Å². The third-order valence-corrected chi connectivity index (χ3v) is 5.91. The molecular formula is C26H23ClN2O3. The molecule has 3 aromatic rings. The first-order valence-electron chi connectivity index (χ1n) is 10.2. The van der Waals surface area contributed by atoms with Crippen molar-refractivity contribution in [3.8, 4) is 5.75 Å². The van der Waals surface area contributed by atoms with Crippen LogP contribution in [0.1, 0.15) is 22.3 Å². The normalized spacial score (nSPS) is 13.7. The zero-order chi connectivity index (χ0) is 23.0. The maximum absolute atomic E-state index is 13.7. The number of amides is 2. The van der Waals surface area contributed by atoms with Crippen LogP contribution in [-0.4, -0.2) is 18.9 Å². The van der Waals surface area contributed by atoms with Crippen molar-refractivity contribution in [3.63, 3.8) is 0 Å². The molecule has 32 heavy (non-hydrogen) atoms. The molecule has 0 aromatic heterocycles. The number of hydrogen-bond acceptors (Lipinski definition) is 4. The standard InChI is InChI=1S/C26H23ClN2O3/c1-15-9-10-17(3)21(13-15)29-25(30)23(19-7-5-6-8-22(19)32-4)24(26(29)31)28-18-12-11-16(2)20(27)14-18/h5-14,28H,1-4H3. The lowest BCUT2D eigenvalue weighted by molar-refractivity contribution is -0.120. The summed E-state index contributed by atoms with van der Waals surface area (Å²) in [5.74, 6) is -0.331. The van der Waals surface area contributed by atoms with Crippen molar-refractivity contribution in [3.05, 3.63) is 93.6 Å². The average Bonchev–Trinajstić information content (AvgIpc) is 3.01. The number of nitrogens with zero attached hydrogens (tertiary/aromatic N) is 1. The van der Waals surface area contributed by atoms with Gasteiger partial charge in [-0.25, -0.2) is 4.90 Å². The Morgan fingerprint density at radius 1 is 0.875 bits per heavy atom. The number of halogens is 1. The number of para-hydroxylation sites is 1. The van der Waals surface area contributed by atoms with E-state index in [1.165, 1.54) is 12.0 Å². The van der Waals surface area contributed by atoms with Gasteiger partial charge in [0.1, 0.15) is 11.4 Å². The zero-order valence-electron chi connectivity index (χ0n) is 18.3. The number of carbonyl (C=O) groups excluding carboxylic acids is 2. The molecule has 162 valence electrons. The minimum Gasteiger partial charge on any atom is -0.496 e. The van der Waals surface area contributed by atoms with Gasteiger partial charge in [-0.1, -0.05) is 48.0 Å². The van der Waals surface area contributed by atoms with Crippen molar-refractivity contribution < 1.29 is 14.3 Å². The summed E-state index contributed by atoms with van der Waals surface area (Å²) in [7, 11) is 1.54. The summed E-state index contributed by atoms with van der Waals surface area (Å²) in [4.78, 5) is 28.6. The minimum atomic E-state index is -0.429. The molecule has 1 aliphatic rings. The van der Waals surface area contributed by atoms with Crippen LogP contribution in [0.15, 0.2) is 66.4 Å². The van der Waals surface area contributed by atoms with Crippen molar-refractivity contribution in [1.29, 1.82) is 0 Å². The smallest absolute Gasteiger partial charge is 0.282 e. The van der Waals surface area contributed by atoms with Crippen LogP contribution in [0.2, 0.25) is 5.02 Å². The molecule has 0 spiro atoms. The molecule has 0 saturated carbocycles. The molecule has 2 amide bonds. The van der Waals surface area contributed by atoms with Gasteiger partial charge in [0.05, 0.1) is 18.4 Å². The lowest BCUT2D eigenvalue weighted by atomic mass is 10.0. The Morgan fingerprint density at radius 3 is 2.31 bits per heavy atom. The van der Waals surface area contributed by atoms with Crippen molar-refractivity contribution in [2.45, 2.75) is 20.8 Å². The minimum absolute atomic E-state index is 0.181. The fourth-order valence-corrected chi connectivity index (χ4v) is 3.92. The molecule has 0 unspecified atom stereocenters. The SMILES string of the molecule is COc1ccccc1C1=C(Nc2ccc(C)c(Cl)c2)C(=O)N(c2cc(C)ccc2C)C1=O. The molecule has 0 radical (unpaired) electrons. The van der Waals surface area contributed by atoms with Crippen LogP contribution in [0.4, 0.5) is 11.4 Å². The van der Waals surface area contributed by atoms with Gasteiger partial charge in [0.15, 0.2) is 0 Å². The first-order valence-corrected chi connectivity index (χ1v) is 10.6. The summed E-state index contributed by atoms with van der Waals surface area (Å²) in [5, 5.41) is 3.72. The van der Waals surface area contributed by atoms with Crippen LogP contribution < -0.4 is 15.0 Å². The van der Waals surface area contributed by atoms with Crippen LogP contribution in [0.3, 0.4) is 0 Å². The van der Waals surface area contributed by atoms with Gasteiger partial charge in [-0.15, -0.1) is 0 Å². The predicted molar refractivity (Wildman–Crippen MR) is 128 cm³/mol. The summed E-state index contributed by atoms with van der Waals surface area (Å²) in [6, 6.07) is 18.3. The number of hydrogen-bond donors (Lipinski definition) is 1. The van der Waals surface area contributed by atoms with E-state index in [1.54, 1.807) is 18.2 Å². The first-order chi connectivity index (χ1) is 15.3. The molecule has 0 atom stereocenters. The number of aryl methyl sites for hydroxylation is 3. The summed E-state index contributed by atoms with van der Waals surface area (Å²) in [6.45, 7) is 5.71. The van der Waals surface area contributed by atoms with E-state index in [0.717, 1.165) is 16.7 Å². The van der Waals surface area contributed by atoms with Gasteiger partial charge in [-0.2, -0.15) is 0 Å². The molecule has 3 aromatic carbocycles. The predicted octanol–water partition coefficient (Wildman–Crippen LogP) is 5.67. The topological polar surface area (TPSA) is 58.6 Å². The Balaban J connectivity index is 1.89. The Morgan fingerprint density at radius 2 is 1.59 bits per heavy atom. The highest BCUT2D eigenvalue weighted by molar-refractivity contribution is 6.46. The van der Waals surface area contributed by atoms with E-state index in [0.29, 0.717) is 27.7 Å². The highest BCUT2D eigenvalue weighted by Crippen LogP contribution is 2.38. The highest BCUT2D eigenvalue weighted by Gasteiger charge is 2.41. The van der Waals surface area contributed by atoms with Gasteiger partial charge in [0, 0.05) is 16.3 Å². The lowest BCUT2D eigenvalue weighted by Crippen LogP contribution is -2.33. The first kappa shape index (κ1) is 21.7. The summed E-state index contributed by atoms with van der Waals surface area (Å²) < 4.78 is 5.49. The molecule has 0 bridgehead atoms. The van der Waals surface area contributed by atoms with Gasteiger partial charge in [0.2, 0.25) is 0 Å². The van der Waals surface area contributed by atoms with Gasteiger partial charge in [-0.05, 0) is 61.7 Å². The highest BCUT2D eigenvalue weighted by atomic mass is 35.5. The molecule has 5 nitrogen and oxygen atoms in total. The third kappa shape index (κ3) is 3.76. The number of nitrogens with one attached hydrogen (secondary N) is 1. The second-order valence-corrected chi connectivity index (χ2v) is 8.18. The van der Waals surface area contributed by atoms with Crippen molar-refractivity contribution in [2.75, 3.05) is 17.3 Å². The number of anilines is 2. The van der Waals surface area contributed by atoms with Gasteiger partial charge in [0.25, 0.3) is 11.8 Å².